The molecule has 0 atom stereocenters. The normalized spacial score (nSPS) is 20.1. The monoisotopic (exact) mass is 494 g/mol. The molecule has 2 aromatic carbocycles. The summed E-state index contributed by atoms with van der Waals surface area (Å²) in [5.41, 5.74) is 5.49. The van der Waals surface area contributed by atoms with E-state index in [1.165, 1.54) is 11.1 Å². The van der Waals surface area contributed by atoms with Gasteiger partial charge in [0.05, 0.1) is 0 Å². The molecule has 1 aliphatic rings. The van der Waals surface area contributed by atoms with Gasteiger partial charge < -0.3 is 13.9 Å². The minimum absolute atomic E-state index is 0. The molecule has 1 heterocycles. The zero-order valence-corrected chi connectivity index (χ0v) is 25.7. The van der Waals surface area contributed by atoms with Gasteiger partial charge >= 0.3 is 37.4 Å². The Balaban J connectivity index is 0.00000408. The van der Waals surface area contributed by atoms with Gasteiger partial charge in [-0.3, -0.25) is 0 Å². The van der Waals surface area contributed by atoms with E-state index in [4.69, 9.17) is 9.05 Å². The van der Waals surface area contributed by atoms with E-state index in [2.05, 4.69) is 86.6 Å². The third-order valence-corrected chi connectivity index (χ3v) is 7.20. The second kappa shape index (κ2) is 10.7. The minimum atomic E-state index is -4.65. The summed E-state index contributed by atoms with van der Waals surface area (Å²) in [6, 6.07) is 8.48. The van der Waals surface area contributed by atoms with Crippen molar-refractivity contribution in [3.63, 3.8) is 0 Å². The molecule has 3 rings (SSSR count). The van der Waals surface area contributed by atoms with E-state index < -0.39 is 7.82 Å². The van der Waals surface area contributed by atoms with Crippen molar-refractivity contribution < 1.29 is 48.1 Å². The number of hydrogen-bond donors (Lipinski definition) is 0. The van der Waals surface area contributed by atoms with Crippen molar-refractivity contribution in [3.8, 4) is 11.5 Å². The molecule has 0 saturated heterocycles. The molecule has 0 saturated carbocycles. The smallest absolute Gasteiger partial charge is 0.736 e. The first-order valence-electron chi connectivity index (χ1n) is 12.2. The fourth-order valence-electron chi connectivity index (χ4n) is 4.66. The fourth-order valence-corrected chi connectivity index (χ4v) is 5.56. The number of phosphoric acid groups is 1. The van der Waals surface area contributed by atoms with Crippen LogP contribution in [-0.2, 0) is 28.2 Å². The van der Waals surface area contributed by atoms with Crippen LogP contribution in [0.1, 0.15) is 114 Å². The summed E-state index contributed by atoms with van der Waals surface area (Å²) in [4.78, 5) is 13.2. The van der Waals surface area contributed by atoms with Gasteiger partial charge in [0.2, 0.25) is 0 Å². The van der Waals surface area contributed by atoms with Crippen LogP contribution in [-0.4, -0.2) is 0 Å². The van der Waals surface area contributed by atoms with E-state index >= 15 is 0 Å². The van der Waals surface area contributed by atoms with Gasteiger partial charge in [-0.25, -0.2) is 4.57 Å². The Kier molecular flexibility index (Phi) is 9.26. The summed E-state index contributed by atoms with van der Waals surface area (Å²) in [6.07, 6.45) is 3.91. The molecule has 34 heavy (non-hydrogen) atoms. The molecule has 0 fully saturated rings. The van der Waals surface area contributed by atoms with E-state index in [1.807, 2.05) is 0 Å². The van der Waals surface area contributed by atoms with Crippen LogP contribution < -0.4 is 43.5 Å². The first kappa shape index (κ1) is 29.5. The second-order valence-corrected chi connectivity index (χ2v) is 12.7. The topological polar surface area (TPSA) is 58.6 Å². The number of phosphoric ester groups is 1. The number of hydrogen-bond acceptors (Lipinski definition) is 4. The maximum Gasteiger partial charge on any atom is 1.00 e. The van der Waals surface area contributed by atoms with Gasteiger partial charge in [-0.1, -0.05) is 99.4 Å². The van der Waals surface area contributed by atoms with Crippen LogP contribution >= 0.6 is 7.82 Å². The quantitative estimate of drug-likeness (QED) is 0.461. The number of benzene rings is 2. The van der Waals surface area contributed by atoms with E-state index in [0.717, 1.165) is 47.9 Å². The van der Waals surface area contributed by atoms with E-state index in [0.29, 0.717) is 11.5 Å². The first-order chi connectivity index (χ1) is 15.2. The van der Waals surface area contributed by atoms with Gasteiger partial charge in [0.25, 0.3) is 0 Å². The Morgan fingerprint density at radius 3 is 1.44 bits per heavy atom. The molecule has 0 bridgehead atoms. The molecule has 0 aliphatic carbocycles. The predicted octanol–water partition coefficient (Wildman–Crippen LogP) is 4.58. The Labute approximate surface area is 228 Å². The van der Waals surface area contributed by atoms with Crippen molar-refractivity contribution in [2.45, 2.75) is 105 Å². The Bertz CT molecular complexity index is 998. The fraction of sp³-hybridized carbons (Fsp3) is 0.571. The van der Waals surface area contributed by atoms with Crippen molar-refractivity contribution >= 4 is 7.82 Å². The largest absolute Gasteiger partial charge is 1.00 e. The molecule has 6 heteroatoms. The first-order valence-corrected chi connectivity index (χ1v) is 13.7. The molecule has 1 aliphatic heterocycles. The van der Waals surface area contributed by atoms with Crippen LogP contribution in [0.2, 0.25) is 0 Å². The Morgan fingerprint density at radius 1 is 0.794 bits per heavy atom. The minimum Gasteiger partial charge on any atom is -0.736 e. The maximum atomic E-state index is 13.2. The van der Waals surface area contributed by atoms with Crippen molar-refractivity contribution in [1.82, 2.24) is 0 Å². The SMILES string of the molecule is CCCc1cc2c(c(C(C)(C)C)c1)OP(=O)([O-])Oc1c(cc(CCC)cc1C(C)(C)C)C2C.[Na+]. The molecular weight excluding hydrogens is 454 g/mol. The molecule has 0 amide bonds. The third-order valence-electron chi connectivity index (χ3n) is 6.39. The van der Waals surface area contributed by atoms with E-state index in [1.54, 1.807) is 0 Å². The van der Waals surface area contributed by atoms with Gasteiger partial charge in [-0.2, -0.15) is 0 Å². The van der Waals surface area contributed by atoms with Crippen molar-refractivity contribution in [1.29, 1.82) is 0 Å². The Morgan fingerprint density at radius 2 is 1.15 bits per heavy atom. The average molecular weight is 495 g/mol. The zero-order valence-electron chi connectivity index (χ0n) is 22.8. The van der Waals surface area contributed by atoms with Gasteiger partial charge in [-0.05, 0) is 34.8 Å². The molecule has 0 N–H and O–H groups in total. The van der Waals surface area contributed by atoms with Crippen LogP contribution in [0, 0.1) is 0 Å². The van der Waals surface area contributed by atoms with Crippen molar-refractivity contribution in [2.75, 3.05) is 0 Å². The number of rotatable bonds is 4. The molecule has 182 valence electrons. The number of aryl methyl sites for hydroxylation is 2. The van der Waals surface area contributed by atoms with Crippen molar-refractivity contribution in [2.24, 2.45) is 0 Å². The molecular formula is C28H40NaO4P. The maximum absolute atomic E-state index is 13.2. The third kappa shape index (κ3) is 6.31. The standard InChI is InChI=1S/C28H41O4P.Na/c1-10-12-19-14-21-18(3)22-15-20(13-11-2)17-24(28(7,8)9)26(22)32-33(29,30)31-25(21)23(16-19)27(4,5)6;/h14-18H,10-13H2,1-9H3,(H,29,30);/q;+1/p-1. The van der Waals surface area contributed by atoms with Gasteiger partial charge in [0.15, 0.2) is 0 Å². The van der Waals surface area contributed by atoms with Crippen LogP contribution in [0.5, 0.6) is 11.5 Å². The molecule has 0 unspecified atom stereocenters. The van der Waals surface area contributed by atoms with E-state index in [-0.39, 0.29) is 46.3 Å². The predicted molar refractivity (Wildman–Crippen MR) is 135 cm³/mol. The molecule has 0 aromatic heterocycles. The van der Waals surface area contributed by atoms with Crippen molar-refractivity contribution in [3.05, 3.63) is 57.6 Å². The van der Waals surface area contributed by atoms with Gasteiger partial charge in [0.1, 0.15) is 11.5 Å². The molecule has 4 nitrogen and oxygen atoms in total. The summed E-state index contributed by atoms with van der Waals surface area (Å²) in [5.74, 6) is 0.778. The summed E-state index contributed by atoms with van der Waals surface area (Å²) in [5, 5.41) is 0. The van der Waals surface area contributed by atoms with Crippen LogP contribution in [0.4, 0.5) is 0 Å². The molecule has 0 spiro atoms. The average Bonchev–Trinajstić information content (AvgIpc) is 2.66. The number of fused-ring (bicyclic) bond motifs is 2. The van der Waals surface area contributed by atoms with Gasteiger partial charge in [0, 0.05) is 28.2 Å². The van der Waals surface area contributed by atoms with Crippen LogP contribution in [0.25, 0.3) is 0 Å². The van der Waals surface area contributed by atoms with Crippen LogP contribution in [0.3, 0.4) is 0 Å². The van der Waals surface area contributed by atoms with E-state index in [9.17, 15) is 9.46 Å². The summed E-state index contributed by atoms with van der Waals surface area (Å²) < 4.78 is 24.7. The zero-order chi connectivity index (χ0) is 24.8. The Hall–Kier alpha value is -0.770. The summed E-state index contributed by atoms with van der Waals surface area (Å²) >= 11 is 0. The molecule has 0 radical (unpaired) electrons. The van der Waals surface area contributed by atoms with Gasteiger partial charge in [-0.15, -0.1) is 0 Å². The second-order valence-electron chi connectivity index (χ2n) is 11.5. The van der Waals surface area contributed by atoms with Crippen LogP contribution in [0.15, 0.2) is 24.3 Å². The summed E-state index contributed by atoms with van der Waals surface area (Å²) in [7, 11) is -4.65. The summed E-state index contributed by atoms with van der Waals surface area (Å²) in [6.45, 7) is 19.0. The molecule has 2 aromatic rings.